The van der Waals surface area contributed by atoms with Crippen LogP contribution in [0.2, 0.25) is 0 Å². The van der Waals surface area contributed by atoms with Gasteiger partial charge in [-0.15, -0.1) is 0 Å². The van der Waals surface area contributed by atoms with E-state index in [1.54, 1.807) is 0 Å². The molecule has 3 N–H and O–H groups in total. The van der Waals surface area contributed by atoms with Gasteiger partial charge in [-0.25, -0.2) is 0 Å². The summed E-state index contributed by atoms with van der Waals surface area (Å²) in [4.78, 5) is 0. The Labute approximate surface area is 146 Å². The van der Waals surface area contributed by atoms with Gasteiger partial charge in [-0.3, -0.25) is 0 Å². The number of hydrogen-bond donors (Lipinski definition) is 3. The van der Waals surface area contributed by atoms with Gasteiger partial charge < -0.3 is 24.8 Å². The third kappa shape index (κ3) is 8.58. The lowest BCUT2D eigenvalue weighted by atomic mass is 10.0. The molecule has 0 saturated carbocycles. The van der Waals surface area contributed by atoms with Gasteiger partial charge in [0.15, 0.2) is 0 Å². The van der Waals surface area contributed by atoms with Crippen molar-refractivity contribution in [3.05, 3.63) is 12.2 Å². The monoisotopic (exact) mass is 344 g/mol. The largest absolute Gasteiger partial charge is 0.394 e. The van der Waals surface area contributed by atoms with E-state index in [1.807, 2.05) is 0 Å². The average Bonchev–Trinajstić information content (AvgIpc) is 2.58. The van der Waals surface area contributed by atoms with Crippen LogP contribution in [0.15, 0.2) is 12.2 Å². The maximum Gasteiger partial charge on any atom is 0.114 e. The Morgan fingerprint density at radius 1 is 1.00 bits per heavy atom. The van der Waals surface area contributed by atoms with Crippen LogP contribution in [0.4, 0.5) is 0 Å². The number of aliphatic hydroxyl groups excluding tert-OH is 3. The lowest BCUT2D eigenvalue weighted by Crippen LogP contribution is -2.55. The van der Waals surface area contributed by atoms with Crippen molar-refractivity contribution in [2.24, 2.45) is 0 Å². The van der Waals surface area contributed by atoms with Crippen molar-refractivity contribution < 1.29 is 24.8 Å². The highest BCUT2D eigenvalue weighted by Crippen LogP contribution is 2.19. The van der Waals surface area contributed by atoms with E-state index >= 15 is 0 Å². The van der Waals surface area contributed by atoms with E-state index in [2.05, 4.69) is 19.1 Å². The molecule has 1 fully saturated rings. The first-order valence-electron chi connectivity index (χ1n) is 9.55. The molecule has 0 radical (unpaired) electrons. The quantitative estimate of drug-likeness (QED) is 0.353. The highest BCUT2D eigenvalue weighted by atomic mass is 16.6. The van der Waals surface area contributed by atoms with Gasteiger partial charge in [0.25, 0.3) is 0 Å². The van der Waals surface area contributed by atoms with Gasteiger partial charge in [-0.05, 0) is 25.7 Å². The van der Waals surface area contributed by atoms with Crippen LogP contribution < -0.4 is 0 Å². The minimum absolute atomic E-state index is 0.0969. The zero-order chi connectivity index (χ0) is 17.6. The van der Waals surface area contributed by atoms with Crippen LogP contribution >= 0.6 is 0 Å². The Bertz CT molecular complexity index is 321. The van der Waals surface area contributed by atoms with Crippen LogP contribution in [0.25, 0.3) is 0 Å². The van der Waals surface area contributed by atoms with E-state index in [9.17, 15) is 10.2 Å². The summed E-state index contributed by atoms with van der Waals surface area (Å²) in [6.07, 6.45) is 12.1. The van der Waals surface area contributed by atoms with Crippen LogP contribution in [-0.2, 0) is 9.47 Å². The second kappa shape index (κ2) is 13.8. The number of rotatable bonds is 13. The Morgan fingerprint density at radius 2 is 1.67 bits per heavy atom. The van der Waals surface area contributed by atoms with Gasteiger partial charge in [0, 0.05) is 6.61 Å². The molecule has 142 valence electrons. The maximum atomic E-state index is 10.0. The summed E-state index contributed by atoms with van der Waals surface area (Å²) in [6, 6.07) is 0. The SMILES string of the molecule is CCC/C=C/CCCCCCCCO[C@H]1[C@H](O)[C@@H](CO)OC[C@@H]1O. The molecular weight excluding hydrogens is 308 g/mol. The van der Waals surface area contributed by atoms with Crippen LogP contribution in [0, 0.1) is 0 Å². The number of allylic oxidation sites excluding steroid dienone is 2. The molecule has 0 spiro atoms. The first-order chi connectivity index (χ1) is 11.7. The molecule has 0 amide bonds. The molecule has 1 heterocycles. The summed E-state index contributed by atoms with van der Waals surface area (Å²) in [5.74, 6) is 0. The number of hydrogen-bond acceptors (Lipinski definition) is 5. The van der Waals surface area contributed by atoms with E-state index in [4.69, 9.17) is 14.6 Å². The standard InChI is InChI=1S/C19H36O5/c1-2-3-4-5-6-7-8-9-10-11-12-13-23-19-16(21)15-24-17(14-20)18(19)22/h4-5,16-22H,2-3,6-15H2,1H3/b5-4+/t16-,17+,18+,19+/m0/s1. The topological polar surface area (TPSA) is 79.2 Å². The average molecular weight is 344 g/mol. The normalized spacial score (nSPS) is 27.8. The highest BCUT2D eigenvalue weighted by Gasteiger charge is 2.38. The predicted molar refractivity (Wildman–Crippen MR) is 94.9 cm³/mol. The van der Waals surface area contributed by atoms with Crippen LogP contribution in [0.5, 0.6) is 0 Å². The summed E-state index contributed by atoms with van der Waals surface area (Å²) < 4.78 is 10.8. The molecule has 0 aromatic rings. The Kier molecular flexibility index (Phi) is 12.4. The molecule has 0 aliphatic carbocycles. The summed E-state index contributed by atoms with van der Waals surface area (Å²) in [7, 11) is 0. The first kappa shape index (κ1) is 21.6. The zero-order valence-corrected chi connectivity index (χ0v) is 15.1. The summed E-state index contributed by atoms with van der Waals surface area (Å²) in [6.45, 7) is 2.56. The fraction of sp³-hybridized carbons (Fsp3) is 0.895. The molecular formula is C19H36O5. The summed E-state index contributed by atoms with van der Waals surface area (Å²) >= 11 is 0. The second-order valence-corrected chi connectivity index (χ2v) is 6.62. The van der Waals surface area contributed by atoms with E-state index < -0.39 is 24.4 Å². The fourth-order valence-corrected chi connectivity index (χ4v) is 2.92. The van der Waals surface area contributed by atoms with Gasteiger partial charge in [-0.1, -0.05) is 51.2 Å². The van der Waals surface area contributed by atoms with Gasteiger partial charge in [0.1, 0.15) is 24.4 Å². The van der Waals surface area contributed by atoms with E-state index in [0.717, 1.165) is 12.8 Å². The fourth-order valence-electron chi connectivity index (χ4n) is 2.92. The first-order valence-corrected chi connectivity index (χ1v) is 9.55. The van der Waals surface area contributed by atoms with Gasteiger partial charge in [0.2, 0.25) is 0 Å². The maximum absolute atomic E-state index is 10.0. The van der Waals surface area contributed by atoms with Crippen molar-refractivity contribution in [3.8, 4) is 0 Å². The van der Waals surface area contributed by atoms with Crippen molar-refractivity contribution in [2.75, 3.05) is 19.8 Å². The van der Waals surface area contributed by atoms with Crippen molar-refractivity contribution in [1.29, 1.82) is 0 Å². The minimum atomic E-state index is -0.973. The molecule has 1 aliphatic rings. The van der Waals surface area contributed by atoms with Gasteiger partial charge in [-0.2, -0.15) is 0 Å². The molecule has 1 aliphatic heterocycles. The molecule has 5 nitrogen and oxygen atoms in total. The van der Waals surface area contributed by atoms with Gasteiger partial charge >= 0.3 is 0 Å². The second-order valence-electron chi connectivity index (χ2n) is 6.62. The third-order valence-corrected chi connectivity index (χ3v) is 4.46. The third-order valence-electron chi connectivity index (χ3n) is 4.46. The van der Waals surface area contributed by atoms with Crippen molar-refractivity contribution in [3.63, 3.8) is 0 Å². The van der Waals surface area contributed by atoms with Crippen molar-refractivity contribution in [1.82, 2.24) is 0 Å². The Balaban J connectivity index is 1.97. The smallest absolute Gasteiger partial charge is 0.114 e. The predicted octanol–water partition coefficient (Wildman–Crippen LogP) is 2.57. The number of unbranched alkanes of at least 4 members (excludes halogenated alkanes) is 7. The lowest BCUT2D eigenvalue weighted by Gasteiger charge is -2.37. The molecule has 1 saturated heterocycles. The molecule has 5 heteroatoms. The minimum Gasteiger partial charge on any atom is -0.394 e. The molecule has 0 aromatic carbocycles. The van der Waals surface area contributed by atoms with Gasteiger partial charge in [0.05, 0.1) is 13.2 Å². The molecule has 24 heavy (non-hydrogen) atoms. The summed E-state index contributed by atoms with van der Waals surface area (Å²) in [5, 5.41) is 28.9. The van der Waals surface area contributed by atoms with Crippen LogP contribution in [0.1, 0.15) is 64.7 Å². The molecule has 1 rings (SSSR count). The van der Waals surface area contributed by atoms with Crippen molar-refractivity contribution in [2.45, 2.75) is 89.1 Å². The number of aliphatic hydroxyl groups is 3. The van der Waals surface area contributed by atoms with E-state index in [1.165, 1.54) is 44.9 Å². The lowest BCUT2D eigenvalue weighted by molar-refractivity contribution is -0.210. The van der Waals surface area contributed by atoms with E-state index in [0.29, 0.717) is 6.61 Å². The van der Waals surface area contributed by atoms with Crippen molar-refractivity contribution >= 4 is 0 Å². The zero-order valence-electron chi connectivity index (χ0n) is 15.1. The van der Waals surface area contributed by atoms with E-state index in [-0.39, 0.29) is 13.2 Å². The Hall–Kier alpha value is -0.460. The Morgan fingerprint density at radius 3 is 2.38 bits per heavy atom. The number of ether oxygens (including phenoxy) is 2. The van der Waals surface area contributed by atoms with Crippen LogP contribution in [-0.4, -0.2) is 59.6 Å². The molecule has 0 unspecified atom stereocenters. The molecule has 4 atom stereocenters. The molecule has 0 aromatic heterocycles. The highest BCUT2D eigenvalue weighted by molar-refractivity contribution is 4.87. The summed E-state index contributed by atoms with van der Waals surface area (Å²) in [5.41, 5.74) is 0. The van der Waals surface area contributed by atoms with Crippen LogP contribution in [0.3, 0.4) is 0 Å². The molecule has 0 bridgehead atoms.